The van der Waals surface area contributed by atoms with E-state index in [0.717, 1.165) is 16.9 Å². The summed E-state index contributed by atoms with van der Waals surface area (Å²) in [4.78, 5) is 63.1. The molecule has 0 aliphatic heterocycles. The van der Waals surface area contributed by atoms with Gasteiger partial charge in [0.25, 0.3) is 11.8 Å². The van der Waals surface area contributed by atoms with Gasteiger partial charge in [-0.25, -0.2) is 28.3 Å². The average molecular weight is 710 g/mol. The fourth-order valence-corrected chi connectivity index (χ4v) is 4.87. The minimum atomic E-state index is -4.84. The van der Waals surface area contributed by atoms with E-state index in [1.807, 2.05) is 13.8 Å². The largest absolute Gasteiger partial charge is 0.472 e. The summed E-state index contributed by atoms with van der Waals surface area (Å²) in [7, 11) is -4.84. The molecular formula is C30H44N7O11P. The van der Waals surface area contributed by atoms with Gasteiger partial charge in [0, 0.05) is 49.7 Å². The zero-order chi connectivity index (χ0) is 36.1. The van der Waals surface area contributed by atoms with Crippen LogP contribution in [-0.4, -0.2) is 126 Å². The number of benzene rings is 1. The van der Waals surface area contributed by atoms with Crippen LogP contribution < -0.4 is 10.6 Å². The Morgan fingerprint density at radius 1 is 1.06 bits per heavy atom. The van der Waals surface area contributed by atoms with Crippen LogP contribution in [0.15, 0.2) is 30.7 Å². The summed E-state index contributed by atoms with van der Waals surface area (Å²) in [5.41, 5.74) is 3.23. The maximum Gasteiger partial charge on any atom is 0.472 e. The van der Waals surface area contributed by atoms with Crippen LogP contribution in [0.5, 0.6) is 0 Å². The number of carbonyl (C=O) groups is 3. The number of imide groups is 1. The number of phosphoric acid groups is 1. The molecule has 19 heteroatoms. The molecule has 270 valence electrons. The number of aryl methyl sites for hydroxylation is 2. The van der Waals surface area contributed by atoms with Crippen LogP contribution >= 0.6 is 7.82 Å². The molecule has 2 heterocycles. The van der Waals surface area contributed by atoms with Crippen LogP contribution in [0.4, 0.5) is 16.3 Å². The lowest BCUT2D eigenvalue weighted by molar-refractivity contribution is 0.0193. The lowest BCUT2D eigenvalue weighted by Gasteiger charge is -2.21. The van der Waals surface area contributed by atoms with E-state index in [1.165, 1.54) is 6.33 Å². The quantitative estimate of drug-likeness (QED) is 0.0818. The second-order valence-electron chi connectivity index (χ2n) is 11.0. The van der Waals surface area contributed by atoms with Gasteiger partial charge in [0.1, 0.15) is 11.8 Å². The van der Waals surface area contributed by atoms with Crippen LogP contribution in [0, 0.1) is 13.8 Å². The molecule has 2 aromatic heterocycles. The van der Waals surface area contributed by atoms with Crippen molar-refractivity contribution >= 4 is 42.8 Å². The van der Waals surface area contributed by atoms with Gasteiger partial charge in [0.05, 0.1) is 25.4 Å². The number of hydrogen-bond acceptors (Lipinski definition) is 13. The Labute approximate surface area is 282 Å². The number of rotatable bonds is 16. The van der Waals surface area contributed by atoms with Gasteiger partial charge in [0.15, 0.2) is 5.82 Å². The molecule has 0 unspecified atom stereocenters. The predicted molar refractivity (Wildman–Crippen MR) is 176 cm³/mol. The van der Waals surface area contributed by atoms with Gasteiger partial charge in [-0.2, -0.15) is 5.10 Å². The highest BCUT2D eigenvalue weighted by Gasteiger charge is 2.39. The summed E-state index contributed by atoms with van der Waals surface area (Å²) in [5, 5.41) is 35.7. The normalized spacial score (nSPS) is 12.8. The summed E-state index contributed by atoms with van der Waals surface area (Å²) >= 11 is 0. The predicted octanol–water partition coefficient (Wildman–Crippen LogP) is 1.30. The third kappa shape index (κ3) is 11.5. The molecule has 7 N–H and O–H groups in total. The number of phosphoric ester groups is 1. The topological polar surface area (TPSA) is 249 Å². The fourth-order valence-electron chi connectivity index (χ4n) is 4.68. The van der Waals surface area contributed by atoms with E-state index in [0.29, 0.717) is 67.2 Å². The van der Waals surface area contributed by atoms with E-state index in [2.05, 4.69) is 25.2 Å². The summed E-state index contributed by atoms with van der Waals surface area (Å²) in [6, 6.07) is 4.44. The molecule has 3 aromatic rings. The highest BCUT2D eigenvalue weighted by molar-refractivity contribution is 7.46. The third-order valence-corrected chi connectivity index (χ3v) is 7.77. The van der Waals surface area contributed by atoms with Crippen LogP contribution in [0.3, 0.4) is 0 Å². The maximum absolute atomic E-state index is 13.3. The number of nitrogens with one attached hydrogen (secondary N) is 2. The highest BCUT2D eigenvalue weighted by Crippen LogP contribution is 2.36. The van der Waals surface area contributed by atoms with Gasteiger partial charge in [-0.05, 0) is 56.4 Å². The van der Waals surface area contributed by atoms with E-state index in [9.17, 15) is 18.9 Å². The lowest BCUT2D eigenvalue weighted by Crippen LogP contribution is -2.39. The smallest absolute Gasteiger partial charge is 0.421 e. The SMILES string of the molecule is CCCNC(=O)c1cn2ncnc(Nc3cc(C(=O)N(C(=O)OCOP(=O)(O)O)C4CC4)ccc3C)c2c1C.OCCN(CCO)CCO. The van der Waals surface area contributed by atoms with Crippen LogP contribution in [0.25, 0.3) is 5.52 Å². The third-order valence-electron chi connectivity index (χ3n) is 7.32. The Hall–Kier alpha value is -4.00. The summed E-state index contributed by atoms with van der Waals surface area (Å²) < 4.78 is 21.3. The molecule has 0 spiro atoms. The molecule has 18 nitrogen and oxygen atoms in total. The van der Waals surface area contributed by atoms with Crippen molar-refractivity contribution < 1.29 is 53.3 Å². The molecule has 0 bridgehead atoms. The minimum absolute atomic E-state index is 0.0694. The highest BCUT2D eigenvalue weighted by atomic mass is 31.2. The second-order valence-corrected chi connectivity index (χ2v) is 12.3. The molecule has 0 atom stereocenters. The Morgan fingerprint density at radius 3 is 2.29 bits per heavy atom. The summed E-state index contributed by atoms with van der Waals surface area (Å²) in [6.07, 6.45) is 3.87. The zero-order valence-corrected chi connectivity index (χ0v) is 28.5. The monoisotopic (exact) mass is 709 g/mol. The van der Waals surface area contributed by atoms with E-state index >= 15 is 0 Å². The van der Waals surface area contributed by atoms with Crippen molar-refractivity contribution in [3.05, 3.63) is 53.0 Å². The molecule has 1 aliphatic rings. The minimum Gasteiger partial charge on any atom is -0.421 e. The van der Waals surface area contributed by atoms with E-state index in [4.69, 9.17) is 29.8 Å². The maximum atomic E-state index is 13.3. The first kappa shape index (κ1) is 39.4. The van der Waals surface area contributed by atoms with Crippen molar-refractivity contribution in [3.63, 3.8) is 0 Å². The molecule has 49 heavy (non-hydrogen) atoms. The van der Waals surface area contributed by atoms with Gasteiger partial charge in [-0.3, -0.25) is 14.5 Å². The fraction of sp³-hybridized carbons (Fsp3) is 0.500. The molecule has 4 rings (SSSR count). The first-order valence-electron chi connectivity index (χ1n) is 15.6. The molecule has 1 fully saturated rings. The molecule has 1 aromatic carbocycles. The van der Waals surface area contributed by atoms with Crippen molar-refractivity contribution in [1.29, 1.82) is 0 Å². The van der Waals surface area contributed by atoms with Gasteiger partial charge in [-0.1, -0.05) is 13.0 Å². The first-order chi connectivity index (χ1) is 23.3. The van der Waals surface area contributed by atoms with Gasteiger partial charge in [-0.15, -0.1) is 0 Å². The second kappa shape index (κ2) is 18.7. The standard InChI is InChI=1S/C24H29N6O8P.C6H15NO3/c1-4-9-25-22(31)18-11-29-20(15(18)3)21(26-12-27-29)28-19-10-16(6-5-14(19)2)23(32)30(17-7-8-17)24(33)37-13-38-39(34,35)36;8-4-1-7(2-5-9)3-6-10/h5-6,10-12,17H,4,7-9,13H2,1-3H3,(H,25,31)(H,26,27,28)(H2,34,35,36);8-10H,1-6H2. The molecule has 3 amide bonds. The van der Waals surface area contributed by atoms with Gasteiger partial charge in [0.2, 0.25) is 6.79 Å². The Balaban J connectivity index is 0.000000565. The van der Waals surface area contributed by atoms with E-state index in [1.54, 1.807) is 40.7 Å². The van der Waals surface area contributed by atoms with Gasteiger partial charge >= 0.3 is 13.9 Å². The zero-order valence-electron chi connectivity index (χ0n) is 27.6. The number of hydrogen-bond donors (Lipinski definition) is 7. The van der Waals surface area contributed by atoms with Crippen molar-refractivity contribution in [3.8, 4) is 0 Å². The summed E-state index contributed by atoms with van der Waals surface area (Å²) in [6.45, 7) is 6.89. The van der Waals surface area contributed by atoms with E-state index < -0.39 is 26.6 Å². The van der Waals surface area contributed by atoms with Crippen LogP contribution in [-0.2, 0) is 13.8 Å². The van der Waals surface area contributed by atoms with Gasteiger partial charge < -0.3 is 40.5 Å². The molecule has 0 radical (unpaired) electrons. The molecular weight excluding hydrogens is 665 g/mol. The van der Waals surface area contributed by atoms with E-state index in [-0.39, 0.29) is 37.3 Å². The van der Waals surface area contributed by atoms with Crippen molar-refractivity contribution in [2.45, 2.75) is 46.1 Å². The van der Waals surface area contributed by atoms with Crippen molar-refractivity contribution in [2.75, 3.05) is 58.1 Å². The lowest BCUT2D eigenvalue weighted by atomic mass is 10.1. The van der Waals surface area contributed by atoms with Crippen LogP contribution in [0.1, 0.15) is 58.0 Å². The molecule has 0 saturated heterocycles. The number of carbonyl (C=O) groups excluding carboxylic acids is 3. The molecule has 1 aliphatic carbocycles. The average Bonchev–Trinajstić information content (AvgIpc) is 3.82. The molecule has 1 saturated carbocycles. The number of nitrogens with zero attached hydrogens (tertiary/aromatic N) is 5. The van der Waals surface area contributed by atoms with Crippen LogP contribution in [0.2, 0.25) is 0 Å². The number of aromatic nitrogens is 3. The number of anilines is 2. The Bertz CT molecular complexity index is 1610. The first-order valence-corrected chi connectivity index (χ1v) is 17.1. The number of amides is 3. The number of fused-ring (bicyclic) bond motifs is 1. The van der Waals surface area contributed by atoms with Crippen molar-refractivity contribution in [1.82, 2.24) is 29.7 Å². The number of aliphatic hydroxyl groups excluding tert-OH is 3. The number of aliphatic hydroxyl groups is 3. The Morgan fingerprint density at radius 2 is 1.71 bits per heavy atom. The van der Waals surface area contributed by atoms with Crippen molar-refractivity contribution in [2.24, 2.45) is 0 Å². The summed E-state index contributed by atoms with van der Waals surface area (Å²) in [5.74, 6) is -0.436. The number of ether oxygens (including phenoxy) is 1. The Kier molecular flexibility index (Phi) is 15.0.